The molecule has 1 amide bonds. The Morgan fingerprint density at radius 1 is 1.30 bits per heavy atom. The van der Waals surface area contributed by atoms with Gasteiger partial charge < -0.3 is 20.3 Å². The number of nitrogens with one attached hydrogen (secondary N) is 2. The van der Waals surface area contributed by atoms with E-state index in [1.54, 1.807) is 6.20 Å². The second kappa shape index (κ2) is 7.06. The minimum Gasteiger partial charge on any atom is -0.444 e. The lowest BCUT2D eigenvalue weighted by molar-refractivity contribution is 0.0505. The minimum atomic E-state index is -0.462. The van der Waals surface area contributed by atoms with Gasteiger partial charge >= 0.3 is 6.09 Å². The Labute approximate surface area is 138 Å². The first-order valence-corrected chi connectivity index (χ1v) is 8.12. The van der Waals surface area contributed by atoms with Crippen LogP contribution >= 0.6 is 0 Å². The lowest BCUT2D eigenvalue weighted by Gasteiger charge is -2.22. The third-order valence-electron chi connectivity index (χ3n) is 3.79. The Morgan fingerprint density at radius 2 is 2.00 bits per heavy atom. The van der Waals surface area contributed by atoms with Gasteiger partial charge in [0.15, 0.2) is 0 Å². The van der Waals surface area contributed by atoms with E-state index in [-0.39, 0.29) is 12.1 Å². The van der Waals surface area contributed by atoms with Gasteiger partial charge in [0.2, 0.25) is 0 Å². The maximum absolute atomic E-state index is 11.9. The predicted octanol–water partition coefficient (Wildman–Crippen LogP) is 3.01. The van der Waals surface area contributed by atoms with Crippen LogP contribution in [0.15, 0.2) is 18.5 Å². The molecule has 6 nitrogen and oxygen atoms in total. The number of amides is 1. The first-order chi connectivity index (χ1) is 10.7. The van der Waals surface area contributed by atoms with Crippen molar-refractivity contribution in [3.05, 3.63) is 18.5 Å². The number of aromatic nitrogens is 1. The van der Waals surface area contributed by atoms with Gasteiger partial charge in [0.25, 0.3) is 0 Å². The second-order valence-corrected chi connectivity index (χ2v) is 7.28. The fraction of sp³-hybridized carbons (Fsp3) is 0.647. The topological polar surface area (TPSA) is 66.5 Å². The van der Waals surface area contributed by atoms with Gasteiger partial charge in [0.05, 0.1) is 17.6 Å². The molecule has 6 heteroatoms. The summed E-state index contributed by atoms with van der Waals surface area (Å²) in [6.07, 6.45) is 6.17. The SMILES string of the molecule is CN(C)c1ccncc1NC1CCC(NC(=O)OC(C)(C)C)C1. The predicted molar refractivity (Wildman–Crippen MR) is 93.0 cm³/mol. The first-order valence-electron chi connectivity index (χ1n) is 8.12. The van der Waals surface area contributed by atoms with Gasteiger partial charge in [-0.2, -0.15) is 0 Å². The van der Waals surface area contributed by atoms with E-state index >= 15 is 0 Å². The van der Waals surface area contributed by atoms with Crippen molar-refractivity contribution in [3.8, 4) is 0 Å². The van der Waals surface area contributed by atoms with E-state index in [0.717, 1.165) is 30.6 Å². The highest BCUT2D eigenvalue weighted by Gasteiger charge is 2.28. The van der Waals surface area contributed by atoms with Crippen molar-refractivity contribution in [3.63, 3.8) is 0 Å². The number of hydrogen-bond acceptors (Lipinski definition) is 5. The molecule has 128 valence electrons. The Balaban J connectivity index is 1.88. The van der Waals surface area contributed by atoms with Crippen LogP contribution in [0.4, 0.5) is 16.2 Å². The van der Waals surface area contributed by atoms with Crippen LogP contribution in [0, 0.1) is 0 Å². The zero-order valence-corrected chi connectivity index (χ0v) is 14.7. The number of carbonyl (C=O) groups is 1. The number of nitrogens with zero attached hydrogens (tertiary/aromatic N) is 2. The van der Waals surface area contributed by atoms with Gasteiger partial charge in [-0.15, -0.1) is 0 Å². The first kappa shape index (κ1) is 17.4. The van der Waals surface area contributed by atoms with Crippen LogP contribution in [0.5, 0.6) is 0 Å². The molecule has 0 bridgehead atoms. The molecule has 2 atom stereocenters. The molecule has 0 aromatic carbocycles. The largest absolute Gasteiger partial charge is 0.444 e. The molecule has 23 heavy (non-hydrogen) atoms. The van der Waals surface area contributed by atoms with Crippen molar-refractivity contribution in [1.82, 2.24) is 10.3 Å². The highest BCUT2D eigenvalue weighted by molar-refractivity contribution is 5.69. The highest BCUT2D eigenvalue weighted by Crippen LogP contribution is 2.28. The summed E-state index contributed by atoms with van der Waals surface area (Å²) in [7, 11) is 4.03. The van der Waals surface area contributed by atoms with Crippen molar-refractivity contribution in [2.45, 2.75) is 57.7 Å². The molecule has 1 aromatic rings. The van der Waals surface area contributed by atoms with Gasteiger partial charge in [-0.25, -0.2) is 4.79 Å². The van der Waals surface area contributed by atoms with E-state index in [4.69, 9.17) is 4.74 Å². The van der Waals surface area contributed by atoms with E-state index in [1.807, 2.05) is 47.1 Å². The third-order valence-corrected chi connectivity index (χ3v) is 3.79. The van der Waals surface area contributed by atoms with E-state index in [9.17, 15) is 4.79 Å². The maximum Gasteiger partial charge on any atom is 0.407 e. The van der Waals surface area contributed by atoms with Gasteiger partial charge in [-0.05, 0) is 46.1 Å². The molecule has 1 aliphatic carbocycles. The van der Waals surface area contributed by atoms with E-state index in [1.165, 1.54) is 0 Å². The molecular weight excluding hydrogens is 292 g/mol. The third kappa shape index (κ3) is 5.30. The molecular formula is C17H28N4O2. The smallest absolute Gasteiger partial charge is 0.407 e. The number of pyridine rings is 1. The van der Waals surface area contributed by atoms with Crippen LogP contribution in [0.25, 0.3) is 0 Å². The van der Waals surface area contributed by atoms with Crippen LogP contribution in [0.3, 0.4) is 0 Å². The molecule has 1 heterocycles. The van der Waals surface area contributed by atoms with Crippen molar-refractivity contribution >= 4 is 17.5 Å². The zero-order chi connectivity index (χ0) is 17.0. The average Bonchev–Trinajstić information content (AvgIpc) is 2.84. The summed E-state index contributed by atoms with van der Waals surface area (Å²) in [5.74, 6) is 0. The van der Waals surface area contributed by atoms with Gasteiger partial charge in [-0.1, -0.05) is 0 Å². The van der Waals surface area contributed by atoms with E-state index in [0.29, 0.717) is 6.04 Å². The van der Waals surface area contributed by atoms with Gasteiger partial charge in [0, 0.05) is 32.4 Å². The Morgan fingerprint density at radius 3 is 2.65 bits per heavy atom. The molecule has 0 spiro atoms. The summed E-state index contributed by atoms with van der Waals surface area (Å²) in [5.41, 5.74) is 1.68. The summed E-state index contributed by atoms with van der Waals surface area (Å²) < 4.78 is 5.32. The molecule has 1 saturated carbocycles. The number of anilines is 2. The summed E-state index contributed by atoms with van der Waals surface area (Å²) in [6.45, 7) is 5.62. The monoisotopic (exact) mass is 320 g/mol. The van der Waals surface area contributed by atoms with Crippen molar-refractivity contribution < 1.29 is 9.53 Å². The Bertz CT molecular complexity index is 540. The average molecular weight is 320 g/mol. The Hall–Kier alpha value is -1.98. The molecule has 2 rings (SSSR count). The maximum atomic E-state index is 11.9. The molecule has 0 aliphatic heterocycles. The molecule has 1 aromatic heterocycles. The Kier molecular flexibility index (Phi) is 5.34. The quantitative estimate of drug-likeness (QED) is 0.893. The van der Waals surface area contributed by atoms with Crippen LogP contribution in [-0.4, -0.2) is 42.9 Å². The van der Waals surface area contributed by atoms with Crippen LogP contribution in [0.2, 0.25) is 0 Å². The zero-order valence-electron chi connectivity index (χ0n) is 14.7. The number of ether oxygens (including phenoxy) is 1. The molecule has 0 radical (unpaired) electrons. The fourth-order valence-electron chi connectivity index (χ4n) is 2.83. The summed E-state index contributed by atoms with van der Waals surface area (Å²) in [4.78, 5) is 18.1. The minimum absolute atomic E-state index is 0.154. The lowest BCUT2D eigenvalue weighted by Crippen LogP contribution is -2.38. The van der Waals surface area contributed by atoms with Crippen LogP contribution in [0.1, 0.15) is 40.0 Å². The highest BCUT2D eigenvalue weighted by atomic mass is 16.6. The summed E-state index contributed by atoms with van der Waals surface area (Å²) in [5, 5.41) is 6.51. The van der Waals surface area contributed by atoms with E-state index in [2.05, 4.69) is 20.5 Å². The summed E-state index contributed by atoms with van der Waals surface area (Å²) in [6, 6.07) is 2.48. The number of rotatable bonds is 4. The van der Waals surface area contributed by atoms with Crippen molar-refractivity contribution in [2.24, 2.45) is 0 Å². The fourth-order valence-corrected chi connectivity index (χ4v) is 2.83. The molecule has 1 aliphatic rings. The van der Waals surface area contributed by atoms with Crippen molar-refractivity contribution in [2.75, 3.05) is 24.3 Å². The standard InChI is InChI=1S/C17H28N4O2/c1-17(2,3)23-16(22)20-13-7-6-12(10-13)19-14-11-18-9-8-15(14)21(4)5/h8-9,11-13,19H,6-7,10H2,1-5H3,(H,20,22). The molecule has 0 saturated heterocycles. The van der Waals surface area contributed by atoms with E-state index < -0.39 is 5.60 Å². The molecule has 1 fully saturated rings. The van der Waals surface area contributed by atoms with Crippen molar-refractivity contribution in [1.29, 1.82) is 0 Å². The summed E-state index contributed by atoms with van der Waals surface area (Å²) >= 11 is 0. The van der Waals surface area contributed by atoms with Crippen LogP contribution in [-0.2, 0) is 4.74 Å². The number of alkyl carbamates (subject to hydrolysis) is 1. The molecule has 2 unspecified atom stereocenters. The van der Waals surface area contributed by atoms with Gasteiger partial charge in [0.1, 0.15) is 5.60 Å². The number of carbonyl (C=O) groups excluding carboxylic acids is 1. The second-order valence-electron chi connectivity index (χ2n) is 7.28. The van der Waals surface area contributed by atoms with Gasteiger partial charge in [-0.3, -0.25) is 4.98 Å². The lowest BCUT2D eigenvalue weighted by atomic mass is 10.2. The van der Waals surface area contributed by atoms with Crippen LogP contribution < -0.4 is 15.5 Å². The normalized spacial score (nSPS) is 20.9. The molecule has 2 N–H and O–H groups in total. The number of hydrogen-bond donors (Lipinski definition) is 2.